The Hall–Kier alpha value is -1.02. The Labute approximate surface area is 124 Å². The van der Waals surface area contributed by atoms with Gasteiger partial charge in [0.1, 0.15) is 5.75 Å². The number of hydrogen-bond acceptors (Lipinski definition) is 6. The van der Waals surface area contributed by atoms with Crippen molar-refractivity contribution in [3.05, 3.63) is 38.8 Å². The molecule has 3 N–H and O–H groups in total. The topological polar surface area (TPSA) is 73.1 Å². The average molecular weight is 343 g/mol. The molecule has 0 saturated carbocycles. The van der Waals surface area contributed by atoms with Crippen LogP contribution < -0.4 is 16.0 Å². The van der Waals surface area contributed by atoms with Crippen LogP contribution in [0.2, 0.25) is 0 Å². The molecule has 0 spiro atoms. The van der Waals surface area contributed by atoms with Crippen molar-refractivity contribution in [1.29, 1.82) is 0 Å². The van der Waals surface area contributed by atoms with Gasteiger partial charge >= 0.3 is 0 Å². The summed E-state index contributed by atoms with van der Waals surface area (Å²) >= 11 is 4.91. The van der Waals surface area contributed by atoms with Gasteiger partial charge in [0.25, 0.3) is 0 Å². The van der Waals surface area contributed by atoms with Gasteiger partial charge in [0.05, 0.1) is 23.7 Å². The maximum atomic E-state index is 5.66. The molecule has 1 heterocycles. The molecule has 2 aromatic rings. The standard InChI is InChI=1S/C12H15BrN4OS/c1-7-12(19-17-16-7)11(15-14)6-8-5-9(18-2)3-4-10(8)13/h3-5,11,15H,6,14H2,1-2H3. The van der Waals surface area contributed by atoms with Crippen molar-refractivity contribution in [2.24, 2.45) is 5.84 Å². The van der Waals surface area contributed by atoms with Crippen LogP contribution in [0.5, 0.6) is 5.75 Å². The zero-order valence-electron chi connectivity index (χ0n) is 10.7. The molecule has 0 amide bonds. The van der Waals surface area contributed by atoms with Gasteiger partial charge in [-0.15, -0.1) is 5.10 Å². The van der Waals surface area contributed by atoms with Crippen LogP contribution in [-0.4, -0.2) is 16.7 Å². The fraction of sp³-hybridized carbons (Fsp3) is 0.333. The summed E-state index contributed by atoms with van der Waals surface area (Å²) < 4.78 is 10.2. The Morgan fingerprint density at radius 3 is 2.89 bits per heavy atom. The third kappa shape index (κ3) is 3.30. The van der Waals surface area contributed by atoms with E-state index >= 15 is 0 Å². The van der Waals surface area contributed by atoms with Crippen molar-refractivity contribution in [1.82, 2.24) is 15.0 Å². The van der Waals surface area contributed by atoms with Crippen molar-refractivity contribution in [3.63, 3.8) is 0 Å². The van der Waals surface area contributed by atoms with Gasteiger partial charge < -0.3 is 4.74 Å². The van der Waals surface area contributed by atoms with Crippen molar-refractivity contribution >= 4 is 27.5 Å². The second-order valence-electron chi connectivity index (χ2n) is 4.10. The largest absolute Gasteiger partial charge is 0.497 e. The number of nitrogens with two attached hydrogens (primary N) is 1. The minimum Gasteiger partial charge on any atom is -0.497 e. The van der Waals surface area contributed by atoms with Crippen LogP contribution in [0.4, 0.5) is 0 Å². The second-order valence-corrected chi connectivity index (χ2v) is 5.74. The fourth-order valence-electron chi connectivity index (χ4n) is 1.84. The van der Waals surface area contributed by atoms with E-state index in [9.17, 15) is 0 Å². The predicted octanol–water partition coefficient (Wildman–Crippen LogP) is 2.36. The molecule has 1 atom stereocenters. The van der Waals surface area contributed by atoms with Gasteiger partial charge in [-0.2, -0.15) is 0 Å². The summed E-state index contributed by atoms with van der Waals surface area (Å²) in [6.07, 6.45) is 0.735. The highest BCUT2D eigenvalue weighted by atomic mass is 79.9. The molecular formula is C12H15BrN4OS. The molecule has 1 unspecified atom stereocenters. The summed E-state index contributed by atoms with van der Waals surface area (Å²) in [7, 11) is 1.66. The van der Waals surface area contributed by atoms with Gasteiger partial charge in [-0.25, -0.2) is 0 Å². The third-order valence-electron chi connectivity index (χ3n) is 2.88. The summed E-state index contributed by atoms with van der Waals surface area (Å²) in [5.74, 6) is 6.48. The van der Waals surface area contributed by atoms with E-state index in [1.54, 1.807) is 7.11 Å². The molecule has 0 bridgehead atoms. The van der Waals surface area contributed by atoms with E-state index in [4.69, 9.17) is 10.6 Å². The SMILES string of the molecule is COc1ccc(Br)c(CC(NN)c2snnc2C)c1. The van der Waals surface area contributed by atoms with E-state index in [0.717, 1.165) is 32.8 Å². The summed E-state index contributed by atoms with van der Waals surface area (Å²) in [6.45, 7) is 1.93. The van der Waals surface area contributed by atoms with E-state index < -0.39 is 0 Å². The normalized spacial score (nSPS) is 12.4. The monoisotopic (exact) mass is 342 g/mol. The smallest absolute Gasteiger partial charge is 0.119 e. The van der Waals surface area contributed by atoms with Crippen LogP contribution in [0.3, 0.4) is 0 Å². The minimum atomic E-state index is -0.0107. The number of halogens is 1. The predicted molar refractivity (Wildman–Crippen MR) is 79.1 cm³/mol. The van der Waals surface area contributed by atoms with Crippen LogP contribution in [0, 0.1) is 6.92 Å². The van der Waals surface area contributed by atoms with Gasteiger partial charge in [0, 0.05) is 4.47 Å². The van der Waals surface area contributed by atoms with E-state index in [1.165, 1.54) is 11.5 Å². The third-order valence-corrected chi connectivity index (χ3v) is 4.59. The van der Waals surface area contributed by atoms with Crippen LogP contribution >= 0.6 is 27.5 Å². The van der Waals surface area contributed by atoms with E-state index in [2.05, 4.69) is 30.9 Å². The molecule has 1 aromatic heterocycles. The first-order valence-corrected chi connectivity index (χ1v) is 7.29. The Balaban J connectivity index is 2.26. The highest BCUT2D eigenvalue weighted by molar-refractivity contribution is 9.10. The number of rotatable bonds is 5. The minimum absolute atomic E-state index is 0.0107. The average Bonchev–Trinajstić information content (AvgIpc) is 2.84. The lowest BCUT2D eigenvalue weighted by Gasteiger charge is -2.16. The number of benzene rings is 1. The molecule has 1 aromatic carbocycles. The molecule has 0 saturated heterocycles. The molecule has 0 aliphatic heterocycles. The van der Waals surface area contributed by atoms with Gasteiger partial charge in [-0.3, -0.25) is 11.3 Å². The highest BCUT2D eigenvalue weighted by Crippen LogP contribution is 2.29. The van der Waals surface area contributed by atoms with Gasteiger partial charge in [-0.1, -0.05) is 20.4 Å². The summed E-state index contributed by atoms with van der Waals surface area (Å²) in [6, 6.07) is 5.87. The number of aryl methyl sites for hydroxylation is 1. The lowest BCUT2D eigenvalue weighted by Crippen LogP contribution is -2.29. The van der Waals surface area contributed by atoms with Gasteiger partial charge in [0.15, 0.2) is 0 Å². The number of hydrogen-bond donors (Lipinski definition) is 2. The van der Waals surface area contributed by atoms with E-state index in [0.29, 0.717) is 0 Å². The van der Waals surface area contributed by atoms with Crippen molar-refractivity contribution in [3.8, 4) is 5.75 Å². The van der Waals surface area contributed by atoms with E-state index in [1.807, 2.05) is 25.1 Å². The first kappa shape index (κ1) is 14.4. The Bertz CT molecular complexity index is 560. The maximum absolute atomic E-state index is 5.66. The molecule has 19 heavy (non-hydrogen) atoms. The number of methoxy groups -OCH3 is 1. The van der Waals surface area contributed by atoms with Crippen molar-refractivity contribution in [2.75, 3.05) is 7.11 Å². The zero-order valence-corrected chi connectivity index (χ0v) is 13.1. The Kier molecular flexibility index (Phi) is 4.87. The number of hydrazine groups is 1. The lowest BCUT2D eigenvalue weighted by atomic mass is 10.0. The van der Waals surface area contributed by atoms with Gasteiger partial charge in [-0.05, 0) is 48.6 Å². The molecule has 0 radical (unpaired) electrons. The fourth-order valence-corrected chi connectivity index (χ4v) is 2.95. The van der Waals surface area contributed by atoms with Crippen LogP contribution in [-0.2, 0) is 6.42 Å². The molecule has 7 heteroatoms. The van der Waals surface area contributed by atoms with Crippen LogP contribution in [0.25, 0.3) is 0 Å². The zero-order chi connectivity index (χ0) is 13.8. The maximum Gasteiger partial charge on any atom is 0.119 e. The summed E-state index contributed by atoms with van der Waals surface area (Å²) in [5.41, 5.74) is 4.86. The van der Waals surface area contributed by atoms with Crippen LogP contribution in [0.1, 0.15) is 22.2 Å². The van der Waals surface area contributed by atoms with Crippen molar-refractivity contribution in [2.45, 2.75) is 19.4 Å². The first-order chi connectivity index (χ1) is 9.15. The molecular weight excluding hydrogens is 328 g/mol. The first-order valence-electron chi connectivity index (χ1n) is 5.73. The molecule has 2 rings (SSSR count). The van der Waals surface area contributed by atoms with Gasteiger partial charge in [0.2, 0.25) is 0 Å². The molecule has 5 nitrogen and oxygen atoms in total. The Morgan fingerprint density at radius 2 is 2.32 bits per heavy atom. The summed E-state index contributed by atoms with van der Waals surface area (Å²) in [4.78, 5) is 1.05. The number of nitrogens with one attached hydrogen (secondary N) is 1. The molecule has 0 aliphatic rings. The quantitative estimate of drug-likeness (QED) is 0.644. The van der Waals surface area contributed by atoms with E-state index in [-0.39, 0.29) is 6.04 Å². The molecule has 0 fully saturated rings. The lowest BCUT2D eigenvalue weighted by molar-refractivity contribution is 0.413. The Morgan fingerprint density at radius 1 is 1.53 bits per heavy atom. The summed E-state index contributed by atoms with van der Waals surface area (Å²) in [5, 5.41) is 4.02. The number of aromatic nitrogens is 2. The number of ether oxygens (including phenoxy) is 1. The number of nitrogens with zero attached hydrogens (tertiary/aromatic N) is 2. The molecule has 0 aliphatic carbocycles. The van der Waals surface area contributed by atoms with Crippen LogP contribution in [0.15, 0.2) is 22.7 Å². The second kappa shape index (κ2) is 6.42. The van der Waals surface area contributed by atoms with Crippen molar-refractivity contribution < 1.29 is 4.74 Å². The highest BCUT2D eigenvalue weighted by Gasteiger charge is 2.18. The molecule has 102 valence electrons.